The molecule has 2 aliphatic heterocycles. The van der Waals surface area contributed by atoms with Crippen LogP contribution in [-0.4, -0.2) is 45.9 Å². The number of anilines is 1. The fraction of sp³-hybridized carbons (Fsp3) is 0.300. The molecule has 0 unspecified atom stereocenters. The van der Waals surface area contributed by atoms with E-state index in [1.54, 1.807) is 25.1 Å². The Morgan fingerprint density at radius 2 is 1.89 bits per heavy atom. The summed E-state index contributed by atoms with van der Waals surface area (Å²) in [6.07, 6.45) is 0.409. The Labute approximate surface area is 163 Å². The first-order valence-electron chi connectivity index (χ1n) is 8.80. The highest BCUT2D eigenvalue weighted by Gasteiger charge is 2.55. The van der Waals surface area contributed by atoms with Gasteiger partial charge in [-0.15, -0.1) is 0 Å². The van der Waals surface area contributed by atoms with Gasteiger partial charge in [0.15, 0.2) is 0 Å². The lowest BCUT2D eigenvalue weighted by atomic mass is 9.81. The number of hydrogen-bond acceptors (Lipinski definition) is 5. The molecule has 0 N–H and O–H groups in total. The van der Waals surface area contributed by atoms with Gasteiger partial charge in [-0.05, 0) is 54.4 Å². The number of nitrogens with zero attached hydrogens (tertiary/aromatic N) is 3. The number of carbonyl (C=O) groups is 1. The summed E-state index contributed by atoms with van der Waals surface area (Å²) in [5, 5.41) is 8.91. The molecule has 2 aromatic carbocycles. The van der Waals surface area contributed by atoms with Crippen LogP contribution in [0, 0.1) is 11.3 Å². The number of ether oxygens (including phenoxy) is 1. The van der Waals surface area contributed by atoms with E-state index in [1.165, 1.54) is 28.6 Å². The normalized spacial score (nSPS) is 21.8. The van der Waals surface area contributed by atoms with Crippen LogP contribution in [0.3, 0.4) is 0 Å². The van der Waals surface area contributed by atoms with Crippen molar-refractivity contribution >= 4 is 21.6 Å². The number of hydrogen-bond donors (Lipinski definition) is 0. The third-order valence-electron chi connectivity index (χ3n) is 5.65. The summed E-state index contributed by atoms with van der Waals surface area (Å²) in [6.45, 7) is 0.331. The van der Waals surface area contributed by atoms with Gasteiger partial charge in [0.05, 0.1) is 29.1 Å². The van der Waals surface area contributed by atoms with Crippen molar-refractivity contribution in [3.63, 3.8) is 0 Å². The van der Waals surface area contributed by atoms with E-state index in [2.05, 4.69) is 0 Å². The Morgan fingerprint density at radius 3 is 2.54 bits per heavy atom. The van der Waals surface area contributed by atoms with Gasteiger partial charge in [-0.2, -0.15) is 9.57 Å². The zero-order valence-corrected chi connectivity index (χ0v) is 16.4. The van der Waals surface area contributed by atoms with Crippen LogP contribution in [0.2, 0.25) is 0 Å². The van der Waals surface area contributed by atoms with Crippen molar-refractivity contribution < 1.29 is 17.9 Å². The second kappa shape index (κ2) is 6.33. The van der Waals surface area contributed by atoms with E-state index in [0.29, 0.717) is 17.7 Å². The van der Waals surface area contributed by atoms with Gasteiger partial charge in [-0.25, -0.2) is 8.42 Å². The average molecular weight is 397 g/mol. The summed E-state index contributed by atoms with van der Waals surface area (Å²) in [7, 11) is -0.495. The van der Waals surface area contributed by atoms with Crippen molar-refractivity contribution in [3.05, 3.63) is 53.6 Å². The molecule has 0 aliphatic carbocycles. The molecule has 0 radical (unpaired) electrons. The van der Waals surface area contributed by atoms with Gasteiger partial charge in [0.25, 0.3) is 0 Å². The van der Waals surface area contributed by atoms with E-state index in [9.17, 15) is 13.2 Å². The smallest absolute Gasteiger partial charge is 0.243 e. The Kier molecular flexibility index (Phi) is 4.17. The number of amides is 1. The van der Waals surface area contributed by atoms with E-state index in [0.717, 1.165) is 11.3 Å². The maximum atomic E-state index is 13.1. The summed E-state index contributed by atoms with van der Waals surface area (Å²) in [6, 6.07) is 13.2. The first-order chi connectivity index (χ1) is 13.3. The summed E-state index contributed by atoms with van der Waals surface area (Å²) < 4.78 is 32.8. The largest absolute Gasteiger partial charge is 0.497 e. The van der Waals surface area contributed by atoms with Crippen molar-refractivity contribution in [1.29, 1.82) is 5.26 Å². The highest BCUT2D eigenvalue weighted by atomic mass is 32.2. The van der Waals surface area contributed by atoms with Crippen LogP contribution < -0.4 is 9.64 Å². The van der Waals surface area contributed by atoms with E-state index in [4.69, 9.17) is 10.00 Å². The minimum Gasteiger partial charge on any atom is -0.497 e. The predicted octanol–water partition coefficient (Wildman–Crippen LogP) is 1.88. The standard InChI is InChI=1S/C20H19N3O4S/c1-22-18-8-5-15(27-2)11-17(18)20(19(22)24)9-10-23(13-20)28(25,26)16-6-3-14(12-21)4-7-16/h3-8,11H,9-10,13H2,1-2H3/t20-/m0/s1. The second-order valence-corrected chi connectivity index (χ2v) is 8.99. The quantitative estimate of drug-likeness (QED) is 0.789. The highest BCUT2D eigenvalue weighted by molar-refractivity contribution is 7.89. The molecule has 0 saturated carbocycles. The molecule has 1 atom stereocenters. The van der Waals surface area contributed by atoms with Crippen molar-refractivity contribution in [1.82, 2.24) is 4.31 Å². The maximum Gasteiger partial charge on any atom is 0.243 e. The average Bonchev–Trinajstić information content (AvgIpc) is 3.26. The lowest BCUT2D eigenvalue weighted by Crippen LogP contribution is -2.42. The van der Waals surface area contributed by atoms with Gasteiger partial charge in [-0.3, -0.25) is 4.79 Å². The summed E-state index contributed by atoms with van der Waals surface area (Å²) in [5.74, 6) is 0.530. The molecule has 2 aliphatic rings. The van der Waals surface area contributed by atoms with Crippen molar-refractivity contribution in [2.75, 3.05) is 32.1 Å². The molecule has 8 heteroatoms. The van der Waals surface area contributed by atoms with Gasteiger partial charge in [0.2, 0.25) is 15.9 Å². The molecule has 1 saturated heterocycles. The van der Waals surface area contributed by atoms with Gasteiger partial charge in [0.1, 0.15) is 5.75 Å². The first kappa shape index (κ1) is 18.5. The maximum absolute atomic E-state index is 13.1. The van der Waals surface area contributed by atoms with Gasteiger partial charge in [0, 0.05) is 25.8 Å². The van der Waals surface area contributed by atoms with Crippen molar-refractivity contribution in [2.45, 2.75) is 16.7 Å². The molecule has 0 aromatic heterocycles. The Bertz CT molecular complexity index is 1110. The van der Waals surface area contributed by atoms with Gasteiger partial charge >= 0.3 is 0 Å². The van der Waals surface area contributed by atoms with E-state index in [-0.39, 0.29) is 23.9 Å². The first-order valence-corrected chi connectivity index (χ1v) is 10.2. The lowest BCUT2D eigenvalue weighted by molar-refractivity contribution is -0.122. The molecule has 1 spiro atoms. The fourth-order valence-corrected chi connectivity index (χ4v) is 5.59. The predicted molar refractivity (Wildman–Crippen MR) is 103 cm³/mol. The number of rotatable bonds is 3. The topological polar surface area (TPSA) is 90.7 Å². The van der Waals surface area contributed by atoms with Crippen molar-refractivity contribution in [2.24, 2.45) is 0 Å². The van der Waals surface area contributed by atoms with Crippen LogP contribution in [0.25, 0.3) is 0 Å². The van der Waals surface area contributed by atoms with Crippen LogP contribution in [0.1, 0.15) is 17.5 Å². The summed E-state index contributed by atoms with van der Waals surface area (Å²) in [4.78, 5) is 14.8. The van der Waals surface area contributed by atoms with E-state index < -0.39 is 15.4 Å². The third-order valence-corrected chi connectivity index (χ3v) is 7.51. The number of fused-ring (bicyclic) bond motifs is 2. The van der Waals surface area contributed by atoms with Crippen molar-refractivity contribution in [3.8, 4) is 11.8 Å². The SMILES string of the molecule is COc1ccc2c(c1)[C@@]1(CCN(S(=O)(=O)c3ccc(C#N)cc3)C1)C(=O)N2C. The second-order valence-electron chi connectivity index (χ2n) is 7.05. The number of benzene rings is 2. The van der Waals surface area contributed by atoms with Crippen LogP contribution in [-0.2, 0) is 20.2 Å². The summed E-state index contributed by atoms with van der Waals surface area (Å²) >= 11 is 0. The number of nitriles is 1. The molecular formula is C20H19N3O4S. The van der Waals surface area contributed by atoms with Crippen LogP contribution >= 0.6 is 0 Å². The third kappa shape index (κ3) is 2.51. The Balaban J connectivity index is 1.72. The van der Waals surface area contributed by atoms with E-state index >= 15 is 0 Å². The van der Waals surface area contributed by atoms with Crippen LogP contribution in [0.15, 0.2) is 47.4 Å². The number of methoxy groups -OCH3 is 1. The molecule has 0 bridgehead atoms. The van der Waals surface area contributed by atoms with E-state index in [1.807, 2.05) is 18.2 Å². The zero-order chi connectivity index (χ0) is 20.1. The molecule has 28 heavy (non-hydrogen) atoms. The molecule has 4 rings (SSSR count). The highest BCUT2D eigenvalue weighted by Crippen LogP contribution is 2.48. The lowest BCUT2D eigenvalue weighted by Gasteiger charge is -2.23. The number of sulfonamides is 1. The zero-order valence-electron chi connectivity index (χ0n) is 15.5. The van der Waals surface area contributed by atoms with Gasteiger partial charge < -0.3 is 9.64 Å². The fourth-order valence-electron chi connectivity index (χ4n) is 4.09. The Morgan fingerprint density at radius 1 is 1.18 bits per heavy atom. The minimum absolute atomic E-state index is 0.0820. The van der Waals surface area contributed by atoms with Gasteiger partial charge in [-0.1, -0.05) is 0 Å². The monoisotopic (exact) mass is 397 g/mol. The molecule has 1 fully saturated rings. The molecule has 1 amide bonds. The summed E-state index contributed by atoms with van der Waals surface area (Å²) in [5.41, 5.74) is 1.07. The molecule has 2 heterocycles. The Hall–Kier alpha value is -2.89. The number of carbonyl (C=O) groups excluding carboxylic acids is 1. The van der Waals surface area contributed by atoms with Crippen LogP contribution in [0.4, 0.5) is 5.69 Å². The minimum atomic E-state index is -3.76. The number of likely N-dealkylation sites (N-methyl/N-ethyl adjacent to an activating group) is 1. The molecule has 144 valence electrons. The molecule has 7 nitrogen and oxygen atoms in total. The molecule has 2 aromatic rings. The van der Waals surface area contributed by atoms with Crippen LogP contribution in [0.5, 0.6) is 5.75 Å². The molecular weight excluding hydrogens is 378 g/mol.